The van der Waals surface area contributed by atoms with Crippen molar-refractivity contribution in [1.29, 1.82) is 0 Å². The van der Waals surface area contributed by atoms with E-state index in [2.05, 4.69) is 4.72 Å². The van der Waals surface area contributed by atoms with Crippen molar-refractivity contribution in [2.24, 2.45) is 0 Å². The van der Waals surface area contributed by atoms with Gasteiger partial charge in [0.2, 0.25) is 15.9 Å². The van der Waals surface area contributed by atoms with E-state index >= 15 is 0 Å². The van der Waals surface area contributed by atoms with Crippen LogP contribution < -0.4 is 4.72 Å². The van der Waals surface area contributed by atoms with Gasteiger partial charge < -0.3 is 4.90 Å². The Hall–Kier alpha value is -0.620. The Morgan fingerprint density at radius 2 is 1.94 bits per heavy atom. The van der Waals surface area contributed by atoms with Gasteiger partial charge in [-0.1, -0.05) is 6.92 Å². The molecule has 0 saturated heterocycles. The van der Waals surface area contributed by atoms with E-state index in [9.17, 15) is 13.2 Å². The molecular formula is C10H22N2O3S. The highest BCUT2D eigenvalue weighted by molar-refractivity contribution is 7.89. The summed E-state index contributed by atoms with van der Waals surface area (Å²) < 4.78 is 25.2. The lowest BCUT2D eigenvalue weighted by Gasteiger charge is -2.25. The lowest BCUT2D eigenvalue weighted by Crippen LogP contribution is -2.41. The van der Waals surface area contributed by atoms with Crippen LogP contribution >= 0.6 is 0 Å². The summed E-state index contributed by atoms with van der Waals surface area (Å²) in [5.41, 5.74) is 0. The standard InChI is InChI=1S/C10H22N2O3S/c1-5-8-16(14,15)11-6-7-12(9(2)3)10(4)13/h9,11H,5-8H2,1-4H3. The minimum Gasteiger partial charge on any atom is -0.339 e. The van der Waals surface area contributed by atoms with Gasteiger partial charge in [-0.25, -0.2) is 13.1 Å². The molecule has 0 fully saturated rings. The van der Waals surface area contributed by atoms with Crippen molar-refractivity contribution in [1.82, 2.24) is 9.62 Å². The molecule has 0 aliphatic heterocycles. The van der Waals surface area contributed by atoms with Crippen molar-refractivity contribution in [2.45, 2.75) is 40.2 Å². The Kier molecular flexibility index (Phi) is 6.59. The molecule has 0 aliphatic carbocycles. The summed E-state index contributed by atoms with van der Waals surface area (Å²) >= 11 is 0. The summed E-state index contributed by atoms with van der Waals surface area (Å²) in [5, 5.41) is 0. The second kappa shape index (κ2) is 6.85. The van der Waals surface area contributed by atoms with Crippen LogP contribution in [0.5, 0.6) is 0 Å². The van der Waals surface area contributed by atoms with Crippen LogP contribution in [0.2, 0.25) is 0 Å². The van der Waals surface area contributed by atoms with E-state index in [0.29, 0.717) is 13.0 Å². The molecule has 6 heteroatoms. The zero-order valence-electron chi connectivity index (χ0n) is 10.5. The van der Waals surface area contributed by atoms with Gasteiger partial charge in [0.25, 0.3) is 0 Å². The third kappa shape index (κ3) is 6.07. The molecule has 0 heterocycles. The van der Waals surface area contributed by atoms with Gasteiger partial charge in [-0.15, -0.1) is 0 Å². The SMILES string of the molecule is CCCS(=O)(=O)NCCN(C(C)=O)C(C)C. The van der Waals surface area contributed by atoms with Crippen LogP contribution in [-0.2, 0) is 14.8 Å². The zero-order valence-corrected chi connectivity index (χ0v) is 11.3. The van der Waals surface area contributed by atoms with Crippen LogP contribution in [0.3, 0.4) is 0 Å². The second-order valence-corrected chi connectivity index (χ2v) is 5.95. The van der Waals surface area contributed by atoms with E-state index in [-0.39, 0.29) is 24.2 Å². The van der Waals surface area contributed by atoms with Crippen molar-refractivity contribution in [3.8, 4) is 0 Å². The molecule has 1 amide bonds. The van der Waals surface area contributed by atoms with E-state index < -0.39 is 10.0 Å². The maximum absolute atomic E-state index is 11.3. The van der Waals surface area contributed by atoms with Crippen molar-refractivity contribution in [2.75, 3.05) is 18.8 Å². The summed E-state index contributed by atoms with van der Waals surface area (Å²) in [6, 6.07) is 0.0909. The van der Waals surface area contributed by atoms with Gasteiger partial charge in [0, 0.05) is 26.1 Å². The lowest BCUT2D eigenvalue weighted by molar-refractivity contribution is -0.130. The number of carbonyl (C=O) groups is 1. The Morgan fingerprint density at radius 1 is 1.38 bits per heavy atom. The Labute approximate surface area is 98.3 Å². The lowest BCUT2D eigenvalue weighted by atomic mass is 10.3. The van der Waals surface area contributed by atoms with Crippen molar-refractivity contribution < 1.29 is 13.2 Å². The molecule has 0 aliphatic rings. The van der Waals surface area contributed by atoms with Gasteiger partial charge in [-0.05, 0) is 20.3 Å². The summed E-state index contributed by atoms with van der Waals surface area (Å²) in [4.78, 5) is 12.8. The van der Waals surface area contributed by atoms with E-state index in [0.717, 1.165) is 0 Å². The first-order valence-corrected chi connectivity index (χ1v) is 7.20. The fraction of sp³-hybridized carbons (Fsp3) is 0.900. The quantitative estimate of drug-likeness (QED) is 0.718. The first kappa shape index (κ1) is 15.4. The van der Waals surface area contributed by atoms with Crippen molar-refractivity contribution in [3.63, 3.8) is 0 Å². The van der Waals surface area contributed by atoms with E-state index in [1.807, 2.05) is 20.8 Å². The molecule has 0 bridgehead atoms. The fourth-order valence-electron chi connectivity index (χ4n) is 1.44. The van der Waals surface area contributed by atoms with E-state index in [1.54, 1.807) is 4.90 Å². The normalized spacial score (nSPS) is 11.8. The average Bonchev–Trinajstić information content (AvgIpc) is 2.10. The number of hydrogen-bond donors (Lipinski definition) is 1. The van der Waals surface area contributed by atoms with Crippen LogP contribution in [0.4, 0.5) is 0 Å². The number of rotatable bonds is 7. The smallest absolute Gasteiger partial charge is 0.219 e. The highest BCUT2D eigenvalue weighted by Crippen LogP contribution is 1.98. The maximum Gasteiger partial charge on any atom is 0.219 e. The van der Waals surface area contributed by atoms with Crippen LogP contribution in [0.1, 0.15) is 34.1 Å². The van der Waals surface area contributed by atoms with Crippen LogP contribution in [0.15, 0.2) is 0 Å². The summed E-state index contributed by atoms with van der Waals surface area (Å²) in [6.45, 7) is 7.80. The van der Waals surface area contributed by atoms with Gasteiger partial charge in [-0.2, -0.15) is 0 Å². The predicted molar refractivity (Wildman–Crippen MR) is 64.6 cm³/mol. The summed E-state index contributed by atoms with van der Waals surface area (Å²) in [7, 11) is -3.17. The Morgan fingerprint density at radius 3 is 2.31 bits per heavy atom. The fourth-order valence-corrected chi connectivity index (χ4v) is 2.53. The molecule has 16 heavy (non-hydrogen) atoms. The molecule has 0 unspecified atom stereocenters. The van der Waals surface area contributed by atoms with Gasteiger partial charge >= 0.3 is 0 Å². The highest BCUT2D eigenvalue weighted by Gasteiger charge is 2.14. The number of nitrogens with zero attached hydrogens (tertiary/aromatic N) is 1. The zero-order chi connectivity index (χ0) is 12.8. The number of nitrogens with one attached hydrogen (secondary N) is 1. The first-order chi connectivity index (χ1) is 7.30. The molecule has 0 saturated carbocycles. The van der Waals surface area contributed by atoms with E-state index in [4.69, 9.17) is 0 Å². The second-order valence-electron chi connectivity index (χ2n) is 4.02. The minimum absolute atomic E-state index is 0.0373. The van der Waals surface area contributed by atoms with Gasteiger partial charge in [0.05, 0.1) is 5.75 Å². The number of carbonyl (C=O) groups excluding carboxylic acids is 1. The molecule has 5 nitrogen and oxygen atoms in total. The number of amides is 1. The topological polar surface area (TPSA) is 66.5 Å². The Bertz CT molecular complexity index is 312. The van der Waals surface area contributed by atoms with Crippen LogP contribution in [0, 0.1) is 0 Å². The Balaban J connectivity index is 4.10. The summed E-state index contributed by atoms with van der Waals surface area (Å²) in [6.07, 6.45) is 0.593. The third-order valence-electron chi connectivity index (χ3n) is 2.18. The van der Waals surface area contributed by atoms with E-state index in [1.165, 1.54) is 6.92 Å². The molecule has 0 radical (unpaired) electrons. The average molecular weight is 250 g/mol. The predicted octanol–water partition coefficient (Wildman–Crippen LogP) is 0.573. The molecule has 0 spiro atoms. The maximum atomic E-state index is 11.3. The molecule has 0 atom stereocenters. The van der Waals surface area contributed by atoms with Gasteiger partial charge in [0.15, 0.2) is 0 Å². The third-order valence-corrected chi connectivity index (χ3v) is 3.77. The number of sulfonamides is 1. The molecular weight excluding hydrogens is 228 g/mol. The molecule has 0 aromatic carbocycles. The van der Waals surface area contributed by atoms with Crippen LogP contribution in [0.25, 0.3) is 0 Å². The number of hydrogen-bond acceptors (Lipinski definition) is 3. The molecule has 0 rings (SSSR count). The van der Waals surface area contributed by atoms with Crippen LogP contribution in [-0.4, -0.2) is 44.1 Å². The molecule has 1 N–H and O–H groups in total. The largest absolute Gasteiger partial charge is 0.339 e. The van der Waals surface area contributed by atoms with Crippen molar-refractivity contribution >= 4 is 15.9 Å². The summed E-state index contributed by atoms with van der Waals surface area (Å²) in [5.74, 6) is 0.0964. The van der Waals surface area contributed by atoms with Gasteiger partial charge in [-0.3, -0.25) is 4.79 Å². The first-order valence-electron chi connectivity index (χ1n) is 5.54. The molecule has 0 aromatic rings. The monoisotopic (exact) mass is 250 g/mol. The highest BCUT2D eigenvalue weighted by atomic mass is 32.2. The van der Waals surface area contributed by atoms with Gasteiger partial charge in [0.1, 0.15) is 0 Å². The minimum atomic E-state index is -3.17. The molecule has 96 valence electrons. The van der Waals surface area contributed by atoms with Crippen molar-refractivity contribution in [3.05, 3.63) is 0 Å². The molecule has 0 aromatic heterocycles.